The molecule has 0 radical (unpaired) electrons. The van der Waals surface area contributed by atoms with E-state index in [-0.39, 0.29) is 12.7 Å². The molecule has 0 aliphatic heterocycles. The minimum Gasteiger partial charge on any atom is -0.450 e. The van der Waals surface area contributed by atoms with Gasteiger partial charge in [-0.3, -0.25) is 0 Å². The summed E-state index contributed by atoms with van der Waals surface area (Å²) in [7, 11) is 0. The first-order chi connectivity index (χ1) is 10.7. The van der Waals surface area contributed by atoms with E-state index >= 15 is 0 Å². The van der Waals surface area contributed by atoms with Crippen LogP contribution in [-0.2, 0) is 23.7 Å². The highest BCUT2D eigenvalue weighted by atomic mass is 16.7. The topological polar surface area (TPSA) is 83.5 Å². The molecule has 0 bridgehead atoms. The molecule has 0 fully saturated rings. The van der Waals surface area contributed by atoms with E-state index in [9.17, 15) is 4.79 Å². The first kappa shape index (κ1) is 21.1. The summed E-state index contributed by atoms with van der Waals surface area (Å²) in [6.45, 7) is 7.85. The molecule has 1 atom stereocenters. The highest BCUT2D eigenvalue weighted by Gasteiger charge is 2.12. The number of rotatable bonds is 16. The molecule has 0 amide bonds. The van der Waals surface area contributed by atoms with Gasteiger partial charge in [-0.2, -0.15) is 0 Å². The minimum absolute atomic E-state index is 0.00252. The van der Waals surface area contributed by atoms with E-state index in [1.54, 1.807) is 0 Å². The maximum absolute atomic E-state index is 10.4. The summed E-state index contributed by atoms with van der Waals surface area (Å²) in [6.07, 6.45) is 1.16. The molecule has 1 unspecified atom stereocenters. The van der Waals surface area contributed by atoms with Crippen molar-refractivity contribution in [1.29, 1.82) is 0 Å². The number of unbranched alkanes of at least 4 members (excludes halogenated alkanes) is 1. The van der Waals surface area contributed by atoms with Crippen LogP contribution in [0.1, 0.15) is 33.1 Å². The Morgan fingerprint density at radius 3 is 2.27 bits per heavy atom. The van der Waals surface area contributed by atoms with Crippen LogP contribution >= 0.6 is 0 Å². The van der Waals surface area contributed by atoms with Gasteiger partial charge in [-0.15, -0.1) is 0 Å². The quantitative estimate of drug-likeness (QED) is 0.345. The van der Waals surface area contributed by atoms with Crippen molar-refractivity contribution >= 4 is 6.16 Å². The first-order valence-corrected chi connectivity index (χ1v) is 7.91. The SMILES string of the molecule is CCCCOCCOCCOC(CCOCC)COC(=O)O. The van der Waals surface area contributed by atoms with Gasteiger partial charge in [-0.1, -0.05) is 13.3 Å². The highest BCUT2D eigenvalue weighted by molar-refractivity contribution is 5.56. The van der Waals surface area contributed by atoms with Crippen molar-refractivity contribution in [2.45, 2.75) is 39.2 Å². The molecule has 0 aromatic carbocycles. The second-order valence-corrected chi connectivity index (χ2v) is 4.63. The van der Waals surface area contributed by atoms with Crippen LogP contribution in [0.25, 0.3) is 0 Å². The van der Waals surface area contributed by atoms with Gasteiger partial charge >= 0.3 is 6.16 Å². The van der Waals surface area contributed by atoms with E-state index in [2.05, 4.69) is 11.7 Å². The summed E-state index contributed by atoms with van der Waals surface area (Å²) in [6, 6.07) is 0. The van der Waals surface area contributed by atoms with E-state index in [0.29, 0.717) is 46.1 Å². The van der Waals surface area contributed by atoms with Crippen molar-refractivity contribution in [3.8, 4) is 0 Å². The van der Waals surface area contributed by atoms with Crippen LogP contribution in [0.2, 0.25) is 0 Å². The molecule has 0 rings (SSSR count). The molecule has 0 aromatic rings. The molecule has 7 nitrogen and oxygen atoms in total. The summed E-state index contributed by atoms with van der Waals surface area (Å²) in [5.74, 6) is 0. The molecule has 7 heteroatoms. The Hall–Kier alpha value is -0.890. The zero-order chi connectivity index (χ0) is 16.5. The summed E-state index contributed by atoms with van der Waals surface area (Å²) >= 11 is 0. The van der Waals surface area contributed by atoms with Gasteiger partial charge in [0.25, 0.3) is 0 Å². The Bertz CT molecular complexity index is 248. The standard InChI is InChI=1S/C15H30O7/c1-3-5-7-19-9-10-20-11-12-21-14(6-8-18-4-2)13-22-15(16)17/h14H,3-13H2,1-2H3,(H,16,17). The van der Waals surface area contributed by atoms with Crippen LogP contribution in [-0.4, -0.2) is 70.2 Å². The van der Waals surface area contributed by atoms with Crippen molar-refractivity contribution in [3.63, 3.8) is 0 Å². The number of carbonyl (C=O) groups is 1. The van der Waals surface area contributed by atoms with Crippen LogP contribution in [0.4, 0.5) is 4.79 Å². The summed E-state index contributed by atoms with van der Waals surface area (Å²) in [5.41, 5.74) is 0. The Balaban J connectivity index is 3.57. The monoisotopic (exact) mass is 322 g/mol. The molecule has 0 heterocycles. The normalized spacial score (nSPS) is 12.3. The lowest BCUT2D eigenvalue weighted by molar-refractivity contribution is -0.0475. The third-order valence-corrected chi connectivity index (χ3v) is 2.78. The maximum Gasteiger partial charge on any atom is 0.505 e. The molecule has 0 spiro atoms. The molecular formula is C15H30O7. The van der Waals surface area contributed by atoms with Crippen LogP contribution in [0, 0.1) is 0 Å². The van der Waals surface area contributed by atoms with Gasteiger partial charge in [0.05, 0.1) is 32.5 Å². The van der Waals surface area contributed by atoms with Crippen molar-refractivity contribution < 1.29 is 33.6 Å². The second-order valence-electron chi connectivity index (χ2n) is 4.63. The van der Waals surface area contributed by atoms with Gasteiger partial charge in [0.15, 0.2) is 0 Å². The summed E-state index contributed by atoms with van der Waals surface area (Å²) < 4.78 is 26.1. The van der Waals surface area contributed by atoms with Gasteiger partial charge in [0.2, 0.25) is 0 Å². The van der Waals surface area contributed by atoms with Gasteiger partial charge in [-0.05, 0) is 13.3 Å². The lowest BCUT2D eigenvalue weighted by Crippen LogP contribution is -2.25. The van der Waals surface area contributed by atoms with E-state index < -0.39 is 6.16 Å². The molecule has 1 N–H and O–H groups in total. The third-order valence-electron chi connectivity index (χ3n) is 2.78. The average molecular weight is 322 g/mol. The van der Waals surface area contributed by atoms with E-state index in [0.717, 1.165) is 19.4 Å². The van der Waals surface area contributed by atoms with Gasteiger partial charge < -0.3 is 28.8 Å². The van der Waals surface area contributed by atoms with Crippen LogP contribution in [0.5, 0.6) is 0 Å². The zero-order valence-corrected chi connectivity index (χ0v) is 13.8. The molecule has 0 saturated carbocycles. The predicted molar refractivity (Wildman–Crippen MR) is 81.4 cm³/mol. The van der Waals surface area contributed by atoms with Gasteiger partial charge in [0, 0.05) is 26.2 Å². The smallest absolute Gasteiger partial charge is 0.450 e. The fourth-order valence-corrected chi connectivity index (χ4v) is 1.58. The number of hydrogen-bond acceptors (Lipinski definition) is 6. The Kier molecular flexibility index (Phi) is 15.8. The average Bonchev–Trinajstić information content (AvgIpc) is 2.50. The maximum atomic E-state index is 10.4. The molecule has 0 saturated heterocycles. The van der Waals surface area contributed by atoms with Gasteiger partial charge in [0.1, 0.15) is 6.61 Å². The van der Waals surface area contributed by atoms with E-state index in [1.165, 1.54) is 0 Å². The van der Waals surface area contributed by atoms with Gasteiger partial charge in [-0.25, -0.2) is 4.79 Å². The largest absolute Gasteiger partial charge is 0.505 e. The molecular weight excluding hydrogens is 292 g/mol. The van der Waals surface area contributed by atoms with Crippen molar-refractivity contribution in [2.75, 3.05) is 52.9 Å². The Morgan fingerprint density at radius 1 is 0.955 bits per heavy atom. The number of carboxylic acid groups (broad SMARTS) is 1. The molecule has 0 aromatic heterocycles. The fraction of sp³-hybridized carbons (Fsp3) is 0.933. The molecule has 0 aliphatic rings. The van der Waals surface area contributed by atoms with Crippen LogP contribution < -0.4 is 0 Å². The predicted octanol–water partition coefficient (Wildman–Crippen LogP) is 2.33. The zero-order valence-electron chi connectivity index (χ0n) is 13.8. The third kappa shape index (κ3) is 15.5. The molecule has 132 valence electrons. The second kappa shape index (κ2) is 16.5. The lowest BCUT2D eigenvalue weighted by atomic mass is 10.3. The Labute approximate surface area is 132 Å². The minimum atomic E-state index is -1.30. The number of hydrogen-bond donors (Lipinski definition) is 1. The van der Waals surface area contributed by atoms with E-state index in [4.69, 9.17) is 24.1 Å². The summed E-state index contributed by atoms with van der Waals surface area (Å²) in [4.78, 5) is 10.4. The van der Waals surface area contributed by atoms with Crippen molar-refractivity contribution in [2.24, 2.45) is 0 Å². The lowest BCUT2D eigenvalue weighted by Gasteiger charge is -2.17. The van der Waals surface area contributed by atoms with Crippen molar-refractivity contribution in [1.82, 2.24) is 0 Å². The first-order valence-electron chi connectivity index (χ1n) is 7.91. The number of ether oxygens (including phenoxy) is 5. The summed E-state index contributed by atoms with van der Waals surface area (Å²) in [5, 5.41) is 8.52. The Morgan fingerprint density at radius 2 is 1.64 bits per heavy atom. The van der Waals surface area contributed by atoms with Crippen LogP contribution in [0.3, 0.4) is 0 Å². The van der Waals surface area contributed by atoms with E-state index in [1.807, 2.05) is 6.92 Å². The fourth-order valence-electron chi connectivity index (χ4n) is 1.58. The highest BCUT2D eigenvalue weighted by Crippen LogP contribution is 2.01. The van der Waals surface area contributed by atoms with Crippen molar-refractivity contribution in [3.05, 3.63) is 0 Å². The molecule has 0 aliphatic carbocycles. The molecule has 22 heavy (non-hydrogen) atoms. The van der Waals surface area contributed by atoms with Crippen LogP contribution in [0.15, 0.2) is 0 Å².